The number of carbonyl (C=O) groups is 3. The number of nitrogens with one attached hydrogen (secondary N) is 1. The van der Waals surface area contributed by atoms with E-state index in [1.807, 2.05) is 31.4 Å². The van der Waals surface area contributed by atoms with Crippen LogP contribution in [0.5, 0.6) is 0 Å². The molecular weight excluding hydrogens is 376 g/mol. The molecule has 7 heteroatoms. The van der Waals surface area contributed by atoms with Gasteiger partial charge in [0.15, 0.2) is 6.61 Å². The molecule has 2 amide bonds. The largest absolute Gasteiger partial charge is 0.455 e. The van der Waals surface area contributed by atoms with E-state index in [2.05, 4.69) is 26.1 Å². The SMILES string of the molecule is CC(C)(C)CC(C)(C)NC(=O)COC(=O)C1CCN(C(=O)c2cccs2)CC1. The van der Waals surface area contributed by atoms with Crippen molar-refractivity contribution in [2.45, 2.75) is 59.4 Å². The number of carbonyl (C=O) groups excluding carboxylic acids is 3. The zero-order valence-electron chi connectivity index (χ0n) is 17.5. The maximum absolute atomic E-state index is 12.4. The number of likely N-dealkylation sites (tertiary alicyclic amines) is 1. The Morgan fingerprint density at radius 2 is 1.82 bits per heavy atom. The third-order valence-electron chi connectivity index (χ3n) is 4.64. The van der Waals surface area contributed by atoms with E-state index in [-0.39, 0.29) is 41.3 Å². The number of thiophene rings is 1. The van der Waals surface area contributed by atoms with Crippen molar-refractivity contribution in [3.05, 3.63) is 22.4 Å². The fraction of sp³-hybridized carbons (Fsp3) is 0.667. The van der Waals surface area contributed by atoms with Crippen molar-refractivity contribution in [1.29, 1.82) is 0 Å². The number of hydrogen-bond donors (Lipinski definition) is 1. The van der Waals surface area contributed by atoms with Crippen LogP contribution in [0.15, 0.2) is 17.5 Å². The van der Waals surface area contributed by atoms with Crippen LogP contribution >= 0.6 is 11.3 Å². The van der Waals surface area contributed by atoms with Crippen molar-refractivity contribution in [2.24, 2.45) is 11.3 Å². The molecule has 0 bridgehead atoms. The van der Waals surface area contributed by atoms with Gasteiger partial charge in [-0.25, -0.2) is 0 Å². The average molecular weight is 409 g/mol. The van der Waals surface area contributed by atoms with E-state index in [9.17, 15) is 14.4 Å². The van der Waals surface area contributed by atoms with Gasteiger partial charge in [-0.1, -0.05) is 26.8 Å². The molecule has 1 aromatic heterocycles. The molecule has 1 fully saturated rings. The average Bonchev–Trinajstić information content (AvgIpc) is 3.11. The van der Waals surface area contributed by atoms with Crippen LogP contribution in [0.1, 0.15) is 63.6 Å². The molecule has 2 heterocycles. The van der Waals surface area contributed by atoms with Crippen molar-refractivity contribution in [1.82, 2.24) is 10.2 Å². The van der Waals surface area contributed by atoms with Crippen molar-refractivity contribution in [2.75, 3.05) is 19.7 Å². The van der Waals surface area contributed by atoms with Gasteiger partial charge in [0.1, 0.15) is 0 Å². The van der Waals surface area contributed by atoms with E-state index in [4.69, 9.17) is 4.74 Å². The number of amides is 2. The Kier molecular flexibility index (Phi) is 7.26. The molecular formula is C21H32N2O4S. The van der Waals surface area contributed by atoms with E-state index in [0.717, 1.165) is 11.3 Å². The molecule has 1 aromatic rings. The number of ether oxygens (including phenoxy) is 1. The molecule has 28 heavy (non-hydrogen) atoms. The van der Waals surface area contributed by atoms with Gasteiger partial charge in [0.2, 0.25) is 0 Å². The standard InChI is InChI=1S/C21H32N2O4S/c1-20(2,3)14-21(4,5)22-17(24)13-27-19(26)15-8-10-23(11-9-15)18(25)16-7-6-12-28-16/h6-7,12,15H,8-11,13-14H2,1-5H3,(H,22,24). The Bertz CT molecular complexity index is 684. The second-order valence-electron chi connectivity index (χ2n) is 9.32. The molecule has 0 aliphatic carbocycles. The molecule has 0 spiro atoms. The van der Waals surface area contributed by atoms with Crippen LogP contribution in [0.3, 0.4) is 0 Å². The Morgan fingerprint density at radius 1 is 1.18 bits per heavy atom. The molecule has 0 radical (unpaired) electrons. The first-order chi connectivity index (χ1) is 13.0. The van der Waals surface area contributed by atoms with Gasteiger partial charge < -0.3 is 15.0 Å². The third kappa shape index (κ3) is 6.93. The summed E-state index contributed by atoms with van der Waals surface area (Å²) in [6.07, 6.45) is 1.94. The highest BCUT2D eigenvalue weighted by Gasteiger charge is 2.30. The van der Waals surface area contributed by atoms with Gasteiger partial charge >= 0.3 is 5.97 Å². The molecule has 2 rings (SSSR count). The van der Waals surface area contributed by atoms with Gasteiger partial charge in [-0.3, -0.25) is 14.4 Å². The zero-order chi connectivity index (χ0) is 20.9. The monoisotopic (exact) mass is 408 g/mol. The number of hydrogen-bond acceptors (Lipinski definition) is 5. The maximum atomic E-state index is 12.4. The normalized spacial score (nSPS) is 16.0. The minimum absolute atomic E-state index is 0.0160. The molecule has 1 aliphatic rings. The molecule has 0 atom stereocenters. The van der Waals surface area contributed by atoms with Crippen LogP contribution in [-0.2, 0) is 14.3 Å². The summed E-state index contributed by atoms with van der Waals surface area (Å²) < 4.78 is 5.23. The minimum Gasteiger partial charge on any atom is -0.455 e. The second kappa shape index (κ2) is 9.07. The van der Waals surface area contributed by atoms with E-state index >= 15 is 0 Å². The van der Waals surface area contributed by atoms with E-state index in [0.29, 0.717) is 25.9 Å². The van der Waals surface area contributed by atoms with Crippen LogP contribution in [0.2, 0.25) is 0 Å². The number of esters is 1. The Morgan fingerprint density at radius 3 is 2.36 bits per heavy atom. The lowest BCUT2D eigenvalue weighted by atomic mass is 9.82. The van der Waals surface area contributed by atoms with Crippen LogP contribution in [0.25, 0.3) is 0 Å². The number of nitrogens with zero attached hydrogens (tertiary/aromatic N) is 1. The van der Waals surface area contributed by atoms with Crippen LogP contribution in [0, 0.1) is 11.3 Å². The second-order valence-corrected chi connectivity index (χ2v) is 10.3. The van der Waals surface area contributed by atoms with E-state index < -0.39 is 0 Å². The summed E-state index contributed by atoms with van der Waals surface area (Å²) >= 11 is 1.42. The summed E-state index contributed by atoms with van der Waals surface area (Å²) in [5, 5.41) is 4.82. The summed E-state index contributed by atoms with van der Waals surface area (Å²) in [6, 6.07) is 3.67. The summed E-state index contributed by atoms with van der Waals surface area (Å²) in [5.41, 5.74) is -0.281. The summed E-state index contributed by atoms with van der Waals surface area (Å²) in [7, 11) is 0. The smallest absolute Gasteiger partial charge is 0.309 e. The highest BCUT2D eigenvalue weighted by Crippen LogP contribution is 2.27. The van der Waals surface area contributed by atoms with Crippen molar-refractivity contribution in [3.63, 3.8) is 0 Å². The van der Waals surface area contributed by atoms with Crippen LogP contribution in [-0.4, -0.2) is 47.9 Å². The molecule has 0 unspecified atom stereocenters. The van der Waals surface area contributed by atoms with E-state index in [1.54, 1.807) is 4.90 Å². The zero-order valence-corrected chi connectivity index (χ0v) is 18.4. The lowest BCUT2D eigenvalue weighted by Crippen LogP contribution is -2.47. The number of piperidine rings is 1. The maximum Gasteiger partial charge on any atom is 0.309 e. The Hall–Kier alpha value is -1.89. The predicted molar refractivity (Wildman–Crippen MR) is 110 cm³/mol. The van der Waals surface area contributed by atoms with Crippen molar-refractivity contribution in [3.8, 4) is 0 Å². The first kappa shape index (κ1) is 22.4. The number of rotatable bonds is 6. The van der Waals surface area contributed by atoms with Crippen LogP contribution < -0.4 is 5.32 Å². The Labute approximate surface area is 171 Å². The summed E-state index contributed by atoms with van der Waals surface area (Å²) in [5.74, 6) is -0.884. The molecule has 0 aromatic carbocycles. The molecule has 156 valence electrons. The van der Waals surface area contributed by atoms with Crippen molar-refractivity contribution < 1.29 is 19.1 Å². The topological polar surface area (TPSA) is 75.7 Å². The predicted octanol–water partition coefficient (Wildman–Crippen LogP) is 3.47. The highest BCUT2D eigenvalue weighted by molar-refractivity contribution is 7.12. The fourth-order valence-electron chi connectivity index (χ4n) is 3.91. The van der Waals surface area contributed by atoms with Crippen molar-refractivity contribution >= 4 is 29.1 Å². The fourth-order valence-corrected chi connectivity index (χ4v) is 4.60. The van der Waals surface area contributed by atoms with Gasteiger partial charge in [-0.2, -0.15) is 0 Å². The molecule has 0 saturated carbocycles. The summed E-state index contributed by atoms with van der Waals surface area (Å²) in [6.45, 7) is 11.1. The van der Waals surface area contributed by atoms with Crippen LogP contribution in [0.4, 0.5) is 0 Å². The van der Waals surface area contributed by atoms with Gasteiger partial charge in [-0.05, 0) is 50.0 Å². The first-order valence-electron chi connectivity index (χ1n) is 9.77. The first-order valence-corrected chi connectivity index (χ1v) is 10.7. The minimum atomic E-state index is -0.366. The molecule has 1 N–H and O–H groups in total. The highest BCUT2D eigenvalue weighted by atomic mass is 32.1. The van der Waals surface area contributed by atoms with Gasteiger partial charge in [0.05, 0.1) is 10.8 Å². The third-order valence-corrected chi connectivity index (χ3v) is 5.50. The van der Waals surface area contributed by atoms with Gasteiger partial charge in [-0.15, -0.1) is 11.3 Å². The van der Waals surface area contributed by atoms with Gasteiger partial charge in [0.25, 0.3) is 11.8 Å². The molecule has 6 nitrogen and oxygen atoms in total. The summed E-state index contributed by atoms with van der Waals surface area (Å²) in [4.78, 5) is 39.3. The molecule has 1 saturated heterocycles. The van der Waals surface area contributed by atoms with Gasteiger partial charge in [0, 0.05) is 18.6 Å². The lowest BCUT2D eigenvalue weighted by Gasteiger charge is -2.33. The lowest BCUT2D eigenvalue weighted by molar-refractivity contribution is -0.154. The Balaban J connectivity index is 1.74. The quantitative estimate of drug-likeness (QED) is 0.731. The van der Waals surface area contributed by atoms with E-state index in [1.165, 1.54) is 11.3 Å². The molecule has 1 aliphatic heterocycles.